The summed E-state index contributed by atoms with van der Waals surface area (Å²) in [6, 6.07) is 31.2. The zero-order valence-corrected chi connectivity index (χ0v) is 25.5. The largest absolute Gasteiger partial charge is 0.378 e. The lowest BCUT2D eigenvalue weighted by Crippen LogP contribution is -2.30. The molecule has 3 N–H and O–H groups in total. The molecule has 0 aliphatic rings. The SMILES string of the molecule is CN(C)c1ccc(/C=C(/NC(=O)c2ccccc2)C(=O)Nc2cccc(SCC(=O)Nc3ccc(I)cc3)c2)cc1. The number of carbonyl (C=O) groups is 3. The lowest BCUT2D eigenvalue weighted by Gasteiger charge is -2.14. The molecule has 0 fully saturated rings. The van der Waals surface area contributed by atoms with Gasteiger partial charge in [0.15, 0.2) is 0 Å². The van der Waals surface area contributed by atoms with Crippen LogP contribution in [0.5, 0.6) is 0 Å². The van der Waals surface area contributed by atoms with Crippen molar-refractivity contribution in [1.82, 2.24) is 5.32 Å². The summed E-state index contributed by atoms with van der Waals surface area (Å²) in [5, 5.41) is 8.52. The maximum absolute atomic E-state index is 13.4. The van der Waals surface area contributed by atoms with Crippen LogP contribution in [0.3, 0.4) is 0 Å². The smallest absolute Gasteiger partial charge is 0.272 e. The highest BCUT2D eigenvalue weighted by atomic mass is 127. The lowest BCUT2D eigenvalue weighted by molar-refractivity contribution is -0.114. The van der Waals surface area contributed by atoms with Gasteiger partial charge in [0.2, 0.25) is 5.91 Å². The van der Waals surface area contributed by atoms with Crippen LogP contribution in [0.4, 0.5) is 17.1 Å². The molecular weight excluding hydrogens is 647 g/mol. The number of rotatable bonds is 10. The van der Waals surface area contributed by atoms with Gasteiger partial charge in [-0.25, -0.2) is 0 Å². The van der Waals surface area contributed by atoms with E-state index in [0.29, 0.717) is 11.3 Å². The summed E-state index contributed by atoms with van der Waals surface area (Å²) < 4.78 is 1.09. The zero-order chi connectivity index (χ0) is 29.2. The minimum absolute atomic E-state index is 0.103. The maximum Gasteiger partial charge on any atom is 0.272 e. The zero-order valence-electron chi connectivity index (χ0n) is 22.6. The van der Waals surface area contributed by atoms with Crippen LogP contribution in [-0.2, 0) is 9.59 Å². The van der Waals surface area contributed by atoms with Crippen LogP contribution < -0.4 is 20.9 Å². The van der Waals surface area contributed by atoms with Gasteiger partial charge in [0.05, 0.1) is 5.75 Å². The first-order valence-electron chi connectivity index (χ1n) is 12.7. The number of anilines is 3. The molecular formula is C32H29IN4O3S. The van der Waals surface area contributed by atoms with E-state index in [1.165, 1.54) is 11.8 Å². The summed E-state index contributed by atoms with van der Waals surface area (Å²) >= 11 is 3.58. The summed E-state index contributed by atoms with van der Waals surface area (Å²) in [4.78, 5) is 41.5. The van der Waals surface area contributed by atoms with E-state index >= 15 is 0 Å². The standard InChI is InChI=1S/C32H29IN4O3S/c1-37(2)27-17-11-22(12-18-27)19-29(36-31(39)23-7-4-3-5-8-23)32(40)35-26-9-6-10-28(20-26)41-21-30(38)34-25-15-13-24(33)14-16-25/h3-20H,21H2,1-2H3,(H,34,38)(H,35,40)(H,36,39)/b29-19+. The maximum atomic E-state index is 13.4. The summed E-state index contributed by atoms with van der Waals surface area (Å²) in [6.07, 6.45) is 1.64. The summed E-state index contributed by atoms with van der Waals surface area (Å²) in [5.41, 5.74) is 3.61. The van der Waals surface area contributed by atoms with Gasteiger partial charge in [0, 0.05) is 45.2 Å². The van der Waals surface area contributed by atoms with Crippen molar-refractivity contribution in [3.05, 3.63) is 124 Å². The molecule has 0 aliphatic heterocycles. The van der Waals surface area contributed by atoms with E-state index in [9.17, 15) is 14.4 Å². The van der Waals surface area contributed by atoms with Crippen molar-refractivity contribution in [2.24, 2.45) is 0 Å². The van der Waals surface area contributed by atoms with Crippen molar-refractivity contribution >= 4 is 75.2 Å². The Morgan fingerprint density at radius 1 is 0.805 bits per heavy atom. The van der Waals surface area contributed by atoms with Gasteiger partial charge >= 0.3 is 0 Å². The number of nitrogens with zero attached hydrogens (tertiary/aromatic N) is 1. The molecule has 7 nitrogen and oxygen atoms in total. The third-order valence-corrected chi connectivity index (χ3v) is 7.55. The Hall–Kier alpha value is -4.09. The van der Waals surface area contributed by atoms with Gasteiger partial charge in [-0.2, -0.15) is 0 Å². The monoisotopic (exact) mass is 676 g/mol. The van der Waals surface area contributed by atoms with Crippen molar-refractivity contribution < 1.29 is 14.4 Å². The van der Waals surface area contributed by atoms with Crippen LogP contribution in [0.1, 0.15) is 15.9 Å². The molecule has 9 heteroatoms. The fraction of sp³-hybridized carbons (Fsp3) is 0.0938. The average molecular weight is 677 g/mol. The summed E-state index contributed by atoms with van der Waals surface area (Å²) in [5.74, 6) is -0.769. The number of halogens is 1. The molecule has 0 radical (unpaired) electrons. The second kappa shape index (κ2) is 14.5. The van der Waals surface area contributed by atoms with Crippen LogP contribution in [0.15, 0.2) is 114 Å². The molecule has 0 atom stereocenters. The quantitative estimate of drug-likeness (QED) is 0.101. The number of hydrogen-bond donors (Lipinski definition) is 3. The highest BCUT2D eigenvalue weighted by molar-refractivity contribution is 14.1. The van der Waals surface area contributed by atoms with Gasteiger partial charge in [-0.3, -0.25) is 14.4 Å². The summed E-state index contributed by atoms with van der Waals surface area (Å²) in [7, 11) is 3.90. The van der Waals surface area contributed by atoms with Crippen molar-refractivity contribution in [2.75, 3.05) is 35.4 Å². The Morgan fingerprint density at radius 3 is 2.20 bits per heavy atom. The molecule has 4 aromatic rings. The van der Waals surface area contributed by atoms with Crippen molar-refractivity contribution in [3.63, 3.8) is 0 Å². The van der Waals surface area contributed by atoms with Crippen LogP contribution in [0.25, 0.3) is 6.08 Å². The number of carbonyl (C=O) groups excluding carboxylic acids is 3. The van der Waals surface area contributed by atoms with Crippen LogP contribution in [0.2, 0.25) is 0 Å². The van der Waals surface area contributed by atoms with E-state index in [4.69, 9.17) is 0 Å². The Balaban J connectivity index is 1.46. The molecule has 3 amide bonds. The molecule has 0 unspecified atom stereocenters. The van der Waals surface area contributed by atoms with E-state index in [2.05, 4.69) is 38.5 Å². The minimum atomic E-state index is -0.468. The van der Waals surface area contributed by atoms with Gasteiger partial charge in [-0.05, 0) is 101 Å². The molecule has 0 spiro atoms. The van der Waals surface area contributed by atoms with E-state index < -0.39 is 5.91 Å². The Morgan fingerprint density at radius 2 is 1.51 bits per heavy atom. The van der Waals surface area contributed by atoms with E-state index in [-0.39, 0.29) is 23.3 Å². The number of thioether (sulfide) groups is 1. The van der Waals surface area contributed by atoms with E-state index in [0.717, 1.165) is 25.4 Å². The van der Waals surface area contributed by atoms with E-state index in [1.54, 1.807) is 48.5 Å². The molecule has 0 saturated heterocycles. The first kappa shape index (κ1) is 29.9. The van der Waals surface area contributed by atoms with Gasteiger partial charge in [0.1, 0.15) is 5.70 Å². The van der Waals surface area contributed by atoms with Gasteiger partial charge in [-0.1, -0.05) is 36.4 Å². The molecule has 0 aromatic heterocycles. The minimum Gasteiger partial charge on any atom is -0.378 e. The fourth-order valence-electron chi connectivity index (χ4n) is 3.72. The van der Waals surface area contributed by atoms with Crippen LogP contribution in [0, 0.1) is 3.57 Å². The summed E-state index contributed by atoms with van der Waals surface area (Å²) in [6.45, 7) is 0. The van der Waals surface area contributed by atoms with Crippen molar-refractivity contribution in [3.8, 4) is 0 Å². The van der Waals surface area contributed by atoms with Gasteiger partial charge < -0.3 is 20.9 Å². The molecule has 0 bridgehead atoms. The number of nitrogens with one attached hydrogen (secondary N) is 3. The van der Waals surface area contributed by atoms with Crippen LogP contribution in [-0.4, -0.2) is 37.6 Å². The molecule has 4 rings (SSSR count). The highest BCUT2D eigenvalue weighted by Gasteiger charge is 2.15. The fourth-order valence-corrected chi connectivity index (χ4v) is 4.83. The molecule has 0 saturated carbocycles. The normalized spacial score (nSPS) is 11.0. The predicted octanol–water partition coefficient (Wildman–Crippen LogP) is 6.50. The molecule has 4 aromatic carbocycles. The second-order valence-corrected chi connectivity index (χ2v) is 11.5. The van der Waals surface area contributed by atoms with E-state index in [1.807, 2.05) is 79.7 Å². The first-order chi connectivity index (χ1) is 19.8. The first-order valence-corrected chi connectivity index (χ1v) is 14.8. The van der Waals surface area contributed by atoms with Crippen molar-refractivity contribution in [2.45, 2.75) is 4.90 Å². The second-order valence-electron chi connectivity index (χ2n) is 9.19. The Labute approximate surface area is 257 Å². The Kier molecular flexibility index (Phi) is 10.6. The molecule has 0 heterocycles. The van der Waals surface area contributed by atoms with Crippen LogP contribution >= 0.6 is 34.4 Å². The lowest BCUT2D eigenvalue weighted by atomic mass is 10.1. The number of benzene rings is 4. The third-order valence-electron chi connectivity index (χ3n) is 5.84. The molecule has 208 valence electrons. The topological polar surface area (TPSA) is 90.5 Å². The third kappa shape index (κ3) is 9.22. The highest BCUT2D eigenvalue weighted by Crippen LogP contribution is 2.23. The molecule has 41 heavy (non-hydrogen) atoms. The molecule has 0 aliphatic carbocycles. The predicted molar refractivity (Wildman–Crippen MR) is 176 cm³/mol. The number of amides is 3. The van der Waals surface area contributed by atoms with Gasteiger partial charge in [-0.15, -0.1) is 11.8 Å². The van der Waals surface area contributed by atoms with Gasteiger partial charge in [0.25, 0.3) is 11.8 Å². The van der Waals surface area contributed by atoms with Crippen molar-refractivity contribution in [1.29, 1.82) is 0 Å². The Bertz CT molecular complexity index is 1540. The number of hydrogen-bond acceptors (Lipinski definition) is 5. The average Bonchev–Trinajstić information content (AvgIpc) is 2.98.